The highest BCUT2D eigenvalue weighted by Crippen LogP contribution is 2.48. The van der Waals surface area contributed by atoms with Crippen LogP contribution >= 0.6 is 0 Å². The fourth-order valence-corrected chi connectivity index (χ4v) is 3.50. The van der Waals surface area contributed by atoms with Crippen LogP contribution in [0.3, 0.4) is 0 Å². The maximum Gasteiger partial charge on any atom is 0.120 e. The van der Waals surface area contributed by atoms with Crippen LogP contribution in [0.25, 0.3) is 0 Å². The van der Waals surface area contributed by atoms with E-state index in [1.165, 1.54) is 25.7 Å². The second-order valence-electron chi connectivity index (χ2n) is 6.50. The van der Waals surface area contributed by atoms with Gasteiger partial charge in [-0.25, -0.2) is 0 Å². The van der Waals surface area contributed by atoms with Crippen molar-refractivity contribution >= 4 is 0 Å². The molecule has 2 nitrogen and oxygen atoms in total. The number of ether oxygens (including phenoxy) is 1. The Morgan fingerprint density at radius 3 is 2.25 bits per heavy atom. The molecule has 0 aromatic carbocycles. The molecule has 1 heterocycles. The lowest BCUT2D eigenvalue weighted by Crippen LogP contribution is -2.58. The van der Waals surface area contributed by atoms with Crippen molar-refractivity contribution in [3.8, 4) is 0 Å². The molecule has 2 fully saturated rings. The molecule has 1 N–H and O–H groups in total. The SMILES string of the molecule is CCC1(CC)CCNC2(CCC(C)(C)C2)O1. The summed E-state index contributed by atoms with van der Waals surface area (Å²) in [5.41, 5.74) is 0.580. The van der Waals surface area contributed by atoms with E-state index in [0.717, 1.165) is 19.4 Å². The first-order valence-corrected chi connectivity index (χ1v) is 6.90. The normalized spacial score (nSPS) is 36.8. The highest BCUT2D eigenvalue weighted by Gasteiger charge is 2.50. The first-order chi connectivity index (χ1) is 7.45. The summed E-state index contributed by atoms with van der Waals surface area (Å²) in [6.07, 6.45) is 7.09. The van der Waals surface area contributed by atoms with Gasteiger partial charge in [0.05, 0.1) is 5.60 Å². The number of hydrogen-bond acceptors (Lipinski definition) is 2. The van der Waals surface area contributed by atoms with Crippen LogP contribution in [0.4, 0.5) is 0 Å². The summed E-state index contributed by atoms with van der Waals surface area (Å²) in [5, 5.41) is 3.65. The van der Waals surface area contributed by atoms with Crippen LogP contribution in [-0.2, 0) is 4.74 Å². The number of rotatable bonds is 2. The van der Waals surface area contributed by atoms with Crippen molar-refractivity contribution in [2.24, 2.45) is 5.41 Å². The summed E-state index contributed by atoms with van der Waals surface area (Å²) < 4.78 is 6.55. The van der Waals surface area contributed by atoms with Crippen molar-refractivity contribution in [1.29, 1.82) is 0 Å². The summed E-state index contributed by atoms with van der Waals surface area (Å²) in [7, 11) is 0. The Labute approximate surface area is 100 Å². The van der Waals surface area contributed by atoms with E-state index in [4.69, 9.17) is 4.74 Å². The molecule has 1 unspecified atom stereocenters. The monoisotopic (exact) mass is 225 g/mol. The van der Waals surface area contributed by atoms with Gasteiger partial charge in [0.1, 0.15) is 5.72 Å². The quantitative estimate of drug-likeness (QED) is 0.777. The lowest BCUT2D eigenvalue weighted by Gasteiger charge is -2.47. The van der Waals surface area contributed by atoms with Crippen molar-refractivity contribution in [3.05, 3.63) is 0 Å². The Morgan fingerprint density at radius 2 is 1.75 bits per heavy atom. The summed E-state index contributed by atoms with van der Waals surface area (Å²) in [4.78, 5) is 0. The zero-order valence-electron chi connectivity index (χ0n) is 11.4. The largest absolute Gasteiger partial charge is 0.354 e. The molecule has 1 saturated heterocycles. The molecule has 16 heavy (non-hydrogen) atoms. The fraction of sp³-hybridized carbons (Fsp3) is 1.00. The third-order valence-electron chi connectivity index (χ3n) is 4.70. The summed E-state index contributed by atoms with van der Waals surface area (Å²) >= 11 is 0. The van der Waals surface area contributed by atoms with E-state index in [1.54, 1.807) is 0 Å². The maximum atomic E-state index is 6.55. The molecule has 0 bridgehead atoms. The molecule has 2 rings (SSSR count). The van der Waals surface area contributed by atoms with Crippen LogP contribution in [0.2, 0.25) is 0 Å². The molecule has 0 radical (unpaired) electrons. The van der Waals surface area contributed by atoms with Crippen LogP contribution in [0, 0.1) is 5.41 Å². The maximum absolute atomic E-state index is 6.55. The molecule has 0 aromatic rings. The van der Waals surface area contributed by atoms with Crippen molar-refractivity contribution < 1.29 is 4.74 Å². The Balaban J connectivity index is 2.13. The van der Waals surface area contributed by atoms with Crippen LogP contribution in [-0.4, -0.2) is 17.9 Å². The zero-order chi connectivity index (χ0) is 11.9. The Hall–Kier alpha value is -0.0800. The zero-order valence-corrected chi connectivity index (χ0v) is 11.4. The summed E-state index contributed by atoms with van der Waals surface area (Å²) in [6.45, 7) is 10.4. The van der Waals surface area contributed by atoms with Gasteiger partial charge in [-0.15, -0.1) is 0 Å². The number of hydrogen-bond donors (Lipinski definition) is 1. The molecule has 2 aliphatic rings. The fourth-order valence-electron chi connectivity index (χ4n) is 3.50. The standard InChI is InChI=1S/C14H27NO/c1-5-13(6-2)9-10-15-14(16-13)8-7-12(3,4)11-14/h15H,5-11H2,1-4H3. The van der Waals surface area contributed by atoms with Crippen molar-refractivity contribution in [2.45, 2.75) is 77.5 Å². The lowest BCUT2D eigenvalue weighted by atomic mass is 9.87. The molecule has 0 aromatic heterocycles. The van der Waals surface area contributed by atoms with Crippen LogP contribution in [0.15, 0.2) is 0 Å². The minimum Gasteiger partial charge on any atom is -0.354 e. The third-order valence-corrected chi connectivity index (χ3v) is 4.70. The van der Waals surface area contributed by atoms with E-state index >= 15 is 0 Å². The van der Waals surface area contributed by atoms with Crippen molar-refractivity contribution in [1.82, 2.24) is 5.32 Å². The van der Waals surface area contributed by atoms with E-state index < -0.39 is 0 Å². The van der Waals surface area contributed by atoms with E-state index in [0.29, 0.717) is 5.41 Å². The predicted molar refractivity (Wildman–Crippen MR) is 67.4 cm³/mol. The Kier molecular flexibility index (Phi) is 3.09. The van der Waals surface area contributed by atoms with Crippen LogP contribution in [0.5, 0.6) is 0 Å². The van der Waals surface area contributed by atoms with Gasteiger partial charge in [0.2, 0.25) is 0 Å². The highest BCUT2D eigenvalue weighted by atomic mass is 16.5. The molecule has 1 aliphatic carbocycles. The van der Waals surface area contributed by atoms with Gasteiger partial charge < -0.3 is 4.74 Å². The van der Waals surface area contributed by atoms with Crippen LogP contribution < -0.4 is 5.32 Å². The number of nitrogens with one attached hydrogen (secondary N) is 1. The van der Waals surface area contributed by atoms with Gasteiger partial charge in [-0.05, 0) is 43.9 Å². The van der Waals surface area contributed by atoms with Crippen LogP contribution in [0.1, 0.15) is 66.2 Å². The summed E-state index contributed by atoms with van der Waals surface area (Å²) in [6, 6.07) is 0. The molecular weight excluding hydrogens is 198 g/mol. The van der Waals surface area contributed by atoms with Gasteiger partial charge >= 0.3 is 0 Å². The topological polar surface area (TPSA) is 21.3 Å². The lowest BCUT2D eigenvalue weighted by molar-refractivity contribution is -0.203. The van der Waals surface area contributed by atoms with E-state index in [1.807, 2.05) is 0 Å². The smallest absolute Gasteiger partial charge is 0.120 e. The van der Waals surface area contributed by atoms with E-state index in [9.17, 15) is 0 Å². The molecule has 0 amide bonds. The average molecular weight is 225 g/mol. The van der Waals surface area contributed by atoms with E-state index in [2.05, 4.69) is 33.0 Å². The first kappa shape index (κ1) is 12.4. The second kappa shape index (κ2) is 3.99. The molecule has 1 saturated carbocycles. The molecular formula is C14H27NO. The molecule has 1 atom stereocenters. The van der Waals surface area contributed by atoms with Gasteiger partial charge in [-0.3, -0.25) is 5.32 Å². The van der Waals surface area contributed by atoms with Gasteiger partial charge in [0, 0.05) is 6.54 Å². The molecule has 94 valence electrons. The second-order valence-corrected chi connectivity index (χ2v) is 6.50. The minimum atomic E-state index is -0.00618. The van der Waals surface area contributed by atoms with Gasteiger partial charge in [0.25, 0.3) is 0 Å². The first-order valence-electron chi connectivity index (χ1n) is 6.90. The average Bonchev–Trinajstić information content (AvgIpc) is 2.54. The molecule has 1 spiro atoms. The van der Waals surface area contributed by atoms with Crippen molar-refractivity contribution in [3.63, 3.8) is 0 Å². The predicted octanol–water partition coefficient (Wildman–Crippen LogP) is 3.46. The van der Waals surface area contributed by atoms with Gasteiger partial charge in [-0.1, -0.05) is 27.7 Å². The molecule has 2 heteroatoms. The minimum absolute atomic E-state index is 0.00618. The summed E-state index contributed by atoms with van der Waals surface area (Å²) in [5.74, 6) is 0. The van der Waals surface area contributed by atoms with E-state index in [-0.39, 0.29) is 11.3 Å². The Bertz CT molecular complexity index is 257. The van der Waals surface area contributed by atoms with Gasteiger partial charge in [0.15, 0.2) is 0 Å². The molecule has 1 aliphatic heterocycles. The van der Waals surface area contributed by atoms with Gasteiger partial charge in [-0.2, -0.15) is 0 Å². The highest BCUT2D eigenvalue weighted by molar-refractivity contribution is 4.99. The third kappa shape index (κ3) is 2.14. The van der Waals surface area contributed by atoms with Crippen molar-refractivity contribution in [2.75, 3.05) is 6.54 Å². The Morgan fingerprint density at radius 1 is 1.06 bits per heavy atom.